The number of methoxy groups -OCH3 is 3. The molecule has 160 valence electrons. The number of rotatable bonds is 8. The molecular weight excluding hydrogens is 424 g/mol. The van der Waals surface area contributed by atoms with Crippen LogP contribution < -0.4 is 24.8 Å². The van der Waals surface area contributed by atoms with Crippen LogP contribution in [0, 0.1) is 0 Å². The zero-order valence-corrected chi connectivity index (χ0v) is 18.7. The Morgan fingerprint density at radius 1 is 1.00 bits per heavy atom. The fraction of sp³-hybridized carbons (Fsp3) is 0.333. The van der Waals surface area contributed by atoms with E-state index in [-0.39, 0.29) is 12.5 Å². The number of anilines is 1. The first kappa shape index (κ1) is 22.2. The zero-order valence-electron chi connectivity index (χ0n) is 17.0. The third kappa shape index (κ3) is 5.34. The summed E-state index contributed by atoms with van der Waals surface area (Å²) in [5.41, 5.74) is 2.20. The topological polar surface area (TPSA) is 85.9 Å². The van der Waals surface area contributed by atoms with Crippen molar-refractivity contribution < 1.29 is 23.8 Å². The van der Waals surface area contributed by atoms with Gasteiger partial charge in [-0.25, -0.2) is 0 Å². The second-order valence-corrected chi connectivity index (χ2v) is 9.07. The van der Waals surface area contributed by atoms with Gasteiger partial charge in [0.1, 0.15) is 0 Å². The lowest BCUT2D eigenvalue weighted by molar-refractivity contribution is -0.115. The van der Waals surface area contributed by atoms with Gasteiger partial charge in [-0.2, -0.15) is 0 Å². The van der Waals surface area contributed by atoms with Gasteiger partial charge in [0.05, 0.1) is 32.5 Å². The number of hydrogen-bond acceptors (Lipinski definition) is 7. The minimum atomic E-state index is -0.420. The first-order valence-electron chi connectivity index (χ1n) is 9.27. The van der Waals surface area contributed by atoms with Crippen molar-refractivity contribution in [1.29, 1.82) is 0 Å². The quantitative estimate of drug-likeness (QED) is 0.639. The van der Waals surface area contributed by atoms with E-state index in [9.17, 15) is 9.59 Å². The molecule has 0 aromatic heterocycles. The Kier molecular flexibility index (Phi) is 7.75. The third-order valence-electron chi connectivity index (χ3n) is 4.40. The molecule has 9 heteroatoms. The molecule has 7 nitrogen and oxygen atoms in total. The minimum Gasteiger partial charge on any atom is -0.493 e. The van der Waals surface area contributed by atoms with Crippen LogP contribution in [0.4, 0.5) is 5.69 Å². The lowest BCUT2D eigenvalue weighted by Crippen LogP contribution is -2.32. The number of hydrogen-bond donors (Lipinski definition) is 2. The SMILES string of the molecule is COc1cc(C(=O)NCC(=O)Nc2cccc(C3SCCS3)c2)cc(OC)c1OC. The number of amides is 2. The highest BCUT2D eigenvalue weighted by Crippen LogP contribution is 2.45. The number of benzene rings is 2. The van der Waals surface area contributed by atoms with Crippen molar-refractivity contribution in [3.8, 4) is 17.2 Å². The maximum absolute atomic E-state index is 12.5. The molecule has 0 aliphatic carbocycles. The Morgan fingerprint density at radius 3 is 2.27 bits per heavy atom. The van der Waals surface area contributed by atoms with E-state index in [0.717, 1.165) is 11.5 Å². The van der Waals surface area contributed by atoms with Gasteiger partial charge in [-0.15, -0.1) is 23.5 Å². The highest BCUT2D eigenvalue weighted by molar-refractivity contribution is 8.19. The molecule has 1 saturated heterocycles. The van der Waals surface area contributed by atoms with E-state index < -0.39 is 5.91 Å². The molecule has 0 radical (unpaired) electrons. The summed E-state index contributed by atoms with van der Waals surface area (Å²) in [6.07, 6.45) is 0. The van der Waals surface area contributed by atoms with Crippen molar-refractivity contribution in [2.75, 3.05) is 44.7 Å². The molecule has 1 aliphatic rings. The van der Waals surface area contributed by atoms with Gasteiger partial charge in [-0.1, -0.05) is 12.1 Å². The van der Waals surface area contributed by atoms with E-state index in [1.54, 1.807) is 0 Å². The van der Waals surface area contributed by atoms with Crippen LogP contribution in [0.2, 0.25) is 0 Å². The first-order chi connectivity index (χ1) is 14.5. The standard InChI is InChI=1S/C21H24N2O5S2/c1-26-16-10-14(11-17(27-2)19(16)28-3)20(25)22-12-18(24)23-15-6-4-5-13(9-15)21-29-7-8-30-21/h4-6,9-11,21H,7-8,12H2,1-3H3,(H,22,25)(H,23,24). The molecule has 0 saturated carbocycles. The monoisotopic (exact) mass is 448 g/mol. The normalized spacial score (nSPS) is 13.6. The Bertz CT molecular complexity index is 891. The van der Waals surface area contributed by atoms with E-state index in [1.165, 1.54) is 39.0 Å². The first-order valence-corrected chi connectivity index (χ1v) is 11.4. The molecule has 2 N–H and O–H groups in total. The maximum atomic E-state index is 12.5. The van der Waals surface area contributed by atoms with Crippen LogP contribution in [0.3, 0.4) is 0 Å². The van der Waals surface area contributed by atoms with Crippen molar-refractivity contribution in [3.05, 3.63) is 47.5 Å². The molecule has 2 aromatic carbocycles. The number of nitrogens with one attached hydrogen (secondary N) is 2. The maximum Gasteiger partial charge on any atom is 0.251 e. The van der Waals surface area contributed by atoms with Crippen LogP contribution in [-0.4, -0.2) is 51.2 Å². The molecule has 1 aliphatic heterocycles. The van der Waals surface area contributed by atoms with Gasteiger partial charge < -0.3 is 24.8 Å². The van der Waals surface area contributed by atoms with Crippen molar-refractivity contribution in [2.24, 2.45) is 0 Å². The zero-order chi connectivity index (χ0) is 21.5. The van der Waals surface area contributed by atoms with Crippen LogP contribution in [0.25, 0.3) is 0 Å². The summed E-state index contributed by atoms with van der Waals surface area (Å²) in [6, 6.07) is 10.9. The summed E-state index contributed by atoms with van der Waals surface area (Å²) < 4.78 is 16.2. The molecule has 0 spiro atoms. The van der Waals surface area contributed by atoms with E-state index in [2.05, 4.69) is 16.7 Å². The van der Waals surface area contributed by atoms with Crippen LogP contribution in [0.5, 0.6) is 17.2 Å². The average Bonchev–Trinajstić information content (AvgIpc) is 3.31. The Morgan fingerprint density at radius 2 is 1.67 bits per heavy atom. The lowest BCUT2D eigenvalue weighted by Gasteiger charge is -2.14. The van der Waals surface area contributed by atoms with Crippen molar-refractivity contribution >= 4 is 41.0 Å². The smallest absolute Gasteiger partial charge is 0.251 e. The molecule has 1 heterocycles. The Balaban J connectivity index is 1.61. The van der Waals surface area contributed by atoms with Gasteiger partial charge in [0, 0.05) is 22.8 Å². The van der Waals surface area contributed by atoms with Crippen LogP contribution in [0.1, 0.15) is 20.5 Å². The van der Waals surface area contributed by atoms with Crippen LogP contribution >= 0.6 is 23.5 Å². The van der Waals surface area contributed by atoms with E-state index in [4.69, 9.17) is 14.2 Å². The summed E-state index contributed by atoms with van der Waals surface area (Å²) in [4.78, 5) is 24.8. The molecule has 30 heavy (non-hydrogen) atoms. The molecule has 0 bridgehead atoms. The summed E-state index contributed by atoms with van der Waals surface area (Å²) in [5.74, 6) is 2.68. The predicted octanol–water partition coefficient (Wildman–Crippen LogP) is 3.56. The number of carbonyl (C=O) groups excluding carboxylic acids is 2. The van der Waals surface area contributed by atoms with Gasteiger partial charge in [-0.05, 0) is 29.8 Å². The molecule has 2 aromatic rings. The highest BCUT2D eigenvalue weighted by atomic mass is 32.2. The fourth-order valence-electron chi connectivity index (χ4n) is 2.99. The molecule has 3 rings (SSSR count). The van der Waals surface area contributed by atoms with Gasteiger partial charge in [0.25, 0.3) is 5.91 Å². The average molecular weight is 449 g/mol. The van der Waals surface area contributed by atoms with E-state index >= 15 is 0 Å². The predicted molar refractivity (Wildman–Crippen MR) is 121 cm³/mol. The summed E-state index contributed by atoms with van der Waals surface area (Å²) in [6.45, 7) is -0.160. The van der Waals surface area contributed by atoms with Crippen molar-refractivity contribution in [1.82, 2.24) is 5.32 Å². The Hall–Kier alpha value is -2.52. The highest BCUT2D eigenvalue weighted by Gasteiger charge is 2.19. The Labute approximate surface area is 184 Å². The molecular formula is C21H24N2O5S2. The van der Waals surface area contributed by atoms with Gasteiger partial charge in [0.15, 0.2) is 11.5 Å². The minimum absolute atomic E-state index is 0.160. The number of ether oxygens (including phenoxy) is 3. The van der Waals surface area contributed by atoms with E-state index in [1.807, 2.05) is 41.7 Å². The second-order valence-electron chi connectivity index (χ2n) is 6.34. The molecule has 1 fully saturated rings. The van der Waals surface area contributed by atoms with Crippen LogP contribution in [-0.2, 0) is 4.79 Å². The van der Waals surface area contributed by atoms with Gasteiger partial charge in [-0.3, -0.25) is 9.59 Å². The van der Waals surface area contributed by atoms with Crippen molar-refractivity contribution in [3.63, 3.8) is 0 Å². The summed E-state index contributed by atoms with van der Waals surface area (Å²) in [5, 5.41) is 5.45. The van der Waals surface area contributed by atoms with Crippen LogP contribution in [0.15, 0.2) is 36.4 Å². The molecule has 2 amide bonds. The van der Waals surface area contributed by atoms with Gasteiger partial charge >= 0.3 is 0 Å². The summed E-state index contributed by atoms with van der Waals surface area (Å²) in [7, 11) is 4.44. The second kappa shape index (κ2) is 10.5. The molecule has 0 unspecified atom stereocenters. The largest absolute Gasteiger partial charge is 0.493 e. The van der Waals surface area contributed by atoms with E-state index in [0.29, 0.717) is 33.1 Å². The third-order valence-corrected chi connectivity index (χ3v) is 7.51. The fourth-order valence-corrected chi connectivity index (χ4v) is 5.83. The number of carbonyl (C=O) groups is 2. The lowest BCUT2D eigenvalue weighted by atomic mass is 10.1. The van der Waals surface area contributed by atoms with Crippen molar-refractivity contribution in [2.45, 2.75) is 4.58 Å². The van der Waals surface area contributed by atoms with Gasteiger partial charge in [0.2, 0.25) is 11.7 Å². The molecule has 0 atom stereocenters. The summed E-state index contributed by atoms with van der Waals surface area (Å²) >= 11 is 3.81. The number of thioether (sulfide) groups is 2.